The molecule has 114 valence electrons. The second-order valence-electron chi connectivity index (χ2n) is 5.69. The van der Waals surface area contributed by atoms with Gasteiger partial charge in [-0.1, -0.05) is 13.8 Å². The number of rotatable bonds is 3. The van der Waals surface area contributed by atoms with Gasteiger partial charge in [-0.05, 0) is 18.6 Å². The molecule has 5 nitrogen and oxygen atoms in total. The molecule has 0 spiro atoms. The van der Waals surface area contributed by atoms with E-state index in [-0.39, 0.29) is 5.92 Å². The van der Waals surface area contributed by atoms with Gasteiger partial charge in [-0.3, -0.25) is 9.78 Å². The molecule has 0 saturated carbocycles. The van der Waals surface area contributed by atoms with Crippen LogP contribution in [-0.2, 0) is 11.2 Å². The molecule has 1 fully saturated rings. The number of piperidine rings is 1. The Morgan fingerprint density at radius 2 is 2.05 bits per heavy atom. The fourth-order valence-electron chi connectivity index (χ4n) is 2.68. The molecule has 2 aromatic rings. The van der Waals surface area contributed by atoms with E-state index in [1.165, 1.54) is 0 Å². The van der Waals surface area contributed by atoms with Crippen molar-refractivity contribution in [2.45, 2.75) is 26.7 Å². The van der Waals surface area contributed by atoms with E-state index >= 15 is 0 Å². The lowest BCUT2D eigenvalue weighted by Gasteiger charge is -2.31. The average molecular weight is 296 g/mol. The van der Waals surface area contributed by atoms with Crippen molar-refractivity contribution in [2.24, 2.45) is 5.92 Å². The van der Waals surface area contributed by atoms with Crippen LogP contribution < -0.4 is 4.90 Å². The Hall–Kier alpha value is -2.30. The second kappa shape index (κ2) is 6.22. The number of Topliss-reactive ketones (excluding diaryl/α,β-unsaturated/α-hetero) is 1. The van der Waals surface area contributed by atoms with Gasteiger partial charge < -0.3 is 4.90 Å². The Morgan fingerprint density at radius 3 is 2.73 bits per heavy atom. The van der Waals surface area contributed by atoms with Crippen molar-refractivity contribution in [3.8, 4) is 11.4 Å². The van der Waals surface area contributed by atoms with E-state index in [0.717, 1.165) is 42.4 Å². The van der Waals surface area contributed by atoms with Crippen molar-refractivity contribution >= 4 is 11.6 Å². The van der Waals surface area contributed by atoms with E-state index < -0.39 is 0 Å². The predicted octanol–water partition coefficient (Wildman–Crippen LogP) is 2.52. The van der Waals surface area contributed by atoms with E-state index in [4.69, 9.17) is 4.98 Å². The number of aryl methyl sites for hydroxylation is 1. The van der Waals surface area contributed by atoms with Crippen LogP contribution in [0.15, 0.2) is 30.6 Å². The standard InChI is InChI=1S/C17H20N4O/c1-3-14-10-16(21-9-6-15(22)12(2)11-21)20-17(19-14)13-4-7-18-8-5-13/h4-5,7-8,10,12H,3,6,9,11H2,1-2H3. The van der Waals surface area contributed by atoms with Crippen molar-refractivity contribution in [1.82, 2.24) is 15.0 Å². The summed E-state index contributed by atoms with van der Waals surface area (Å²) in [7, 11) is 0. The first-order valence-corrected chi connectivity index (χ1v) is 7.73. The lowest BCUT2D eigenvalue weighted by molar-refractivity contribution is -0.122. The highest BCUT2D eigenvalue weighted by atomic mass is 16.1. The van der Waals surface area contributed by atoms with Crippen LogP contribution in [0.25, 0.3) is 11.4 Å². The highest BCUT2D eigenvalue weighted by Crippen LogP contribution is 2.23. The predicted molar refractivity (Wildman–Crippen MR) is 85.6 cm³/mol. The number of carbonyl (C=O) groups is 1. The molecular formula is C17H20N4O. The quantitative estimate of drug-likeness (QED) is 0.871. The molecule has 0 amide bonds. The van der Waals surface area contributed by atoms with Gasteiger partial charge in [-0.25, -0.2) is 9.97 Å². The molecule has 5 heteroatoms. The first-order valence-electron chi connectivity index (χ1n) is 7.73. The number of anilines is 1. The van der Waals surface area contributed by atoms with Crippen LogP contribution in [0, 0.1) is 5.92 Å². The zero-order valence-electron chi connectivity index (χ0n) is 13.0. The van der Waals surface area contributed by atoms with Crippen molar-refractivity contribution in [2.75, 3.05) is 18.0 Å². The Labute approximate surface area is 130 Å². The van der Waals surface area contributed by atoms with Gasteiger partial charge in [-0.15, -0.1) is 0 Å². The molecule has 1 aliphatic heterocycles. The van der Waals surface area contributed by atoms with Gasteiger partial charge in [0.2, 0.25) is 0 Å². The molecule has 1 saturated heterocycles. The summed E-state index contributed by atoms with van der Waals surface area (Å²) in [5, 5.41) is 0. The molecule has 1 unspecified atom stereocenters. The van der Waals surface area contributed by atoms with Crippen LogP contribution in [0.2, 0.25) is 0 Å². The Kier molecular flexibility index (Phi) is 4.13. The molecule has 1 aliphatic rings. The molecule has 0 aromatic carbocycles. The number of pyridine rings is 1. The van der Waals surface area contributed by atoms with Crippen LogP contribution >= 0.6 is 0 Å². The van der Waals surface area contributed by atoms with Crippen LogP contribution in [0.5, 0.6) is 0 Å². The highest BCUT2D eigenvalue weighted by molar-refractivity contribution is 5.83. The van der Waals surface area contributed by atoms with E-state index in [1.807, 2.05) is 25.1 Å². The summed E-state index contributed by atoms with van der Waals surface area (Å²) in [6.07, 6.45) is 4.95. The van der Waals surface area contributed by atoms with Crippen LogP contribution in [0.4, 0.5) is 5.82 Å². The molecule has 22 heavy (non-hydrogen) atoms. The van der Waals surface area contributed by atoms with Gasteiger partial charge in [0.25, 0.3) is 0 Å². The van der Waals surface area contributed by atoms with Gasteiger partial charge in [0.15, 0.2) is 5.82 Å². The van der Waals surface area contributed by atoms with Gasteiger partial charge in [-0.2, -0.15) is 0 Å². The van der Waals surface area contributed by atoms with Crippen molar-refractivity contribution < 1.29 is 4.79 Å². The minimum absolute atomic E-state index is 0.0677. The number of nitrogens with zero attached hydrogens (tertiary/aromatic N) is 4. The zero-order chi connectivity index (χ0) is 15.5. The maximum Gasteiger partial charge on any atom is 0.161 e. The number of aromatic nitrogens is 3. The lowest BCUT2D eigenvalue weighted by Crippen LogP contribution is -2.40. The lowest BCUT2D eigenvalue weighted by atomic mass is 9.98. The van der Waals surface area contributed by atoms with E-state index in [1.54, 1.807) is 12.4 Å². The summed E-state index contributed by atoms with van der Waals surface area (Å²) in [4.78, 5) is 27.3. The first-order chi connectivity index (χ1) is 10.7. The Balaban J connectivity index is 1.96. The molecule has 0 aliphatic carbocycles. The largest absolute Gasteiger partial charge is 0.355 e. The molecule has 1 atom stereocenters. The summed E-state index contributed by atoms with van der Waals surface area (Å²) in [5.74, 6) is 2.05. The first kappa shape index (κ1) is 14.6. The van der Waals surface area contributed by atoms with E-state index in [2.05, 4.69) is 21.8 Å². The van der Waals surface area contributed by atoms with Gasteiger partial charge >= 0.3 is 0 Å². The molecular weight excluding hydrogens is 276 g/mol. The monoisotopic (exact) mass is 296 g/mol. The van der Waals surface area contributed by atoms with E-state index in [0.29, 0.717) is 12.2 Å². The Morgan fingerprint density at radius 1 is 1.27 bits per heavy atom. The number of ketones is 1. The summed E-state index contributed by atoms with van der Waals surface area (Å²) in [6, 6.07) is 5.87. The molecule has 2 aromatic heterocycles. The smallest absolute Gasteiger partial charge is 0.161 e. The maximum absolute atomic E-state index is 11.7. The molecule has 3 rings (SSSR count). The highest BCUT2D eigenvalue weighted by Gasteiger charge is 2.25. The molecule has 0 N–H and O–H groups in total. The molecule has 3 heterocycles. The van der Waals surface area contributed by atoms with Crippen LogP contribution in [0.1, 0.15) is 26.0 Å². The summed E-state index contributed by atoms with van der Waals surface area (Å²) >= 11 is 0. The van der Waals surface area contributed by atoms with Crippen LogP contribution in [0.3, 0.4) is 0 Å². The van der Waals surface area contributed by atoms with Gasteiger partial charge in [0.05, 0.1) is 0 Å². The molecule has 0 radical (unpaired) electrons. The average Bonchev–Trinajstić information content (AvgIpc) is 2.57. The van der Waals surface area contributed by atoms with E-state index in [9.17, 15) is 4.79 Å². The maximum atomic E-state index is 11.7. The van der Waals surface area contributed by atoms with Gasteiger partial charge in [0, 0.05) is 55.1 Å². The van der Waals surface area contributed by atoms with Crippen molar-refractivity contribution in [1.29, 1.82) is 0 Å². The zero-order valence-corrected chi connectivity index (χ0v) is 13.0. The third-order valence-corrected chi connectivity index (χ3v) is 4.06. The number of carbonyl (C=O) groups excluding carboxylic acids is 1. The fourth-order valence-corrected chi connectivity index (χ4v) is 2.68. The SMILES string of the molecule is CCc1cc(N2CCC(=O)C(C)C2)nc(-c2ccncc2)n1. The Bertz CT molecular complexity index is 672. The van der Waals surface area contributed by atoms with Crippen LogP contribution in [-0.4, -0.2) is 33.8 Å². The second-order valence-corrected chi connectivity index (χ2v) is 5.69. The summed E-state index contributed by atoms with van der Waals surface area (Å²) in [6.45, 7) is 5.54. The topological polar surface area (TPSA) is 59.0 Å². The number of hydrogen-bond acceptors (Lipinski definition) is 5. The fraction of sp³-hybridized carbons (Fsp3) is 0.412. The minimum Gasteiger partial charge on any atom is -0.355 e. The third kappa shape index (κ3) is 2.98. The minimum atomic E-state index is 0.0677. The van der Waals surface area contributed by atoms with Crippen molar-refractivity contribution in [3.63, 3.8) is 0 Å². The van der Waals surface area contributed by atoms with Crippen molar-refractivity contribution in [3.05, 3.63) is 36.3 Å². The number of hydrogen-bond donors (Lipinski definition) is 0. The summed E-state index contributed by atoms with van der Waals surface area (Å²) < 4.78 is 0. The third-order valence-electron chi connectivity index (χ3n) is 4.06. The normalized spacial score (nSPS) is 18.5. The summed E-state index contributed by atoms with van der Waals surface area (Å²) in [5.41, 5.74) is 1.98. The molecule has 0 bridgehead atoms. The van der Waals surface area contributed by atoms with Gasteiger partial charge in [0.1, 0.15) is 11.6 Å².